The van der Waals surface area contributed by atoms with Crippen LogP contribution in [0.1, 0.15) is 21.9 Å². The van der Waals surface area contributed by atoms with Crippen molar-refractivity contribution in [1.82, 2.24) is 4.98 Å². The highest BCUT2D eigenvalue weighted by Crippen LogP contribution is 2.55. The van der Waals surface area contributed by atoms with E-state index in [0.717, 1.165) is 41.3 Å². The largest absolute Gasteiger partial charge is 0.483 e. The Hall–Kier alpha value is -3.97. The first-order valence-electron chi connectivity index (χ1n) is 13.4. The lowest BCUT2D eigenvalue weighted by atomic mass is 9.82. The van der Waals surface area contributed by atoms with Gasteiger partial charge in [-0.2, -0.15) is 13.2 Å². The summed E-state index contributed by atoms with van der Waals surface area (Å²) >= 11 is 5.09. The second-order valence-electron chi connectivity index (χ2n) is 10.4. The van der Waals surface area contributed by atoms with Gasteiger partial charge in [0.15, 0.2) is 6.61 Å². The molecule has 1 saturated heterocycles. The number of rotatable bonds is 7. The molecule has 11 nitrogen and oxygen atoms in total. The molecule has 1 aromatic heterocycles. The van der Waals surface area contributed by atoms with Crippen molar-refractivity contribution in [1.29, 1.82) is 0 Å². The Labute approximate surface area is 280 Å². The van der Waals surface area contributed by atoms with E-state index in [4.69, 9.17) is 9.88 Å². The highest BCUT2D eigenvalue weighted by molar-refractivity contribution is 9.10. The minimum absolute atomic E-state index is 0.116. The minimum Gasteiger partial charge on any atom is -0.483 e. The van der Waals surface area contributed by atoms with Crippen LogP contribution >= 0.6 is 39.0 Å². The molecule has 3 amide bonds. The molecule has 47 heavy (non-hydrogen) atoms. The maximum Gasteiger partial charge on any atom is 0.418 e. The number of aromatic amines is 1. The molecule has 1 fully saturated rings. The molecule has 0 spiro atoms. The van der Waals surface area contributed by atoms with Crippen LogP contribution in [0.5, 0.6) is 5.75 Å². The third-order valence-corrected chi connectivity index (χ3v) is 11.2. The third-order valence-electron chi connectivity index (χ3n) is 7.41. The number of sulfonamides is 1. The molecule has 0 bridgehead atoms. The lowest BCUT2D eigenvalue weighted by Crippen LogP contribution is -2.33. The van der Waals surface area contributed by atoms with Gasteiger partial charge in [-0.05, 0) is 54.6 Å². The lowest BCUT2D eigenvalue weighted by molar-refractivity contribution is -0.137. The van der Waals surface area contributed by atoms with Gasteiger partial charge in [-0.3, -0.25) is 19.2 Å². The number of ether oxygens (including phenoxy) is 1. The smallest absolute Gasteiger partial charge is 0.418 e. The number of imide groups is 1. The predicted octanol–water partition coefficient (Wildman–Crippen LogP) is 4.68. The highest BCUT2D eigenvalue weighted by Gasteiger charge is 2.57. The fraction of sp³-hybridized carbons (Fsp3) is 0.172. The Bertz CT molecular complexity index is 2100. The van der Waals surface area contributed by atoms with Crippen LogP contribution < -0.4 is 25.0 Å². The van der Waals surface area contributed by atoms with Gasteiger partial charge in [-0.1, -0.05) is 51.2 Å². The van der Waals surface area contributed by atoms with Gasteiger partial charge in [-0.15, -0.1) is 0 Å². The second kappa shape index (κ2) is 12.2. The van der Waals surface area contributed by atoms with Crippen molar-refractivity contribution in [2.75, 3.05) is 16.8 Å². The number of hydrogen-bond donors (Lipinski definition) is 3. The van der Waals surface area contributed by atoms with E-state index < -0.39 is 73.7 Å². The Morgan fingerprint density at radius 3 is 2.43 bits per heavy atom. The number of amides is 3. The molecule has 3 aromatic carbocycles. The van der Waals surface area contributed by atoms with Crippen molar-refractivity contribution >= 4 is 78.1 Å². The maximum atomic E-state index is 14.1. The lowest BCUT2D eigenvalue weighted by Gasteiger charge is -2.31. The standard InChI is InChI=1S/C29H20BrF3N4O7S3/c30-13-5-10-19(44-12-20(38)35-14-6-8-15(9-7-14)47(34,42)43)16(11-13)21-22-24(45-25-23(21)46-28(41)36-25)27(40)37(26(22)39)18-4-2-1-3-17(18)29(31,32)33/h1-11,21-22,24H,12H2,(H,35,38)(H,36,41)(H2,34,42,43)/t21-,22-,24+/m0/s1. The van der Waals surface area contributed by atoms with Crippen LogP contribution in [0, 0.1) is 5.92 Å². The Morgan fingerprint density at radius 1 is 1.04 bits per heavy atom. The van der Waals surface area contributed by atoms with Gasteiger partial charge in [0.2, 0.25) is 21.8 Å². The Kier molecular flexibility index (Phi) is 8.58. The second-order valence-corrected chi connectivity index (χ2v) is 15.0. The van der Waals surface area contributed by atoms with Crippen molar-refractivity contribution in [3.05, 3.63) is 96.9 Å². The number of nitrogens with two attached hydrogens (primary N) is 1. The van der Waals surface area contributed by atoms with E-state index in [1.165, 1.54) is 36.4 Å². The quantitative estimate of drug-likeness (QED) is 0.228. The van der Waals surface area contributed by atoms with Crippen LogP contribution in [-0.2, 0) is 30.6 Å². The molecule has 4 aromatic rings. The van der Waals surface area contributed by atoms with Gasteiger partial charge in [-0.25, -0.2) is 18.5 Å². The Balaban J connectivity index is 1.34. The number of aromatic nitrogens is 1. The van der Waals surface area contributed by atoms with E-state index in [0.29, 0.717) is 24.8 Å². The van der Waals surface area contributed by atoms with Crippen LogP contribution in [0.25, 0.3) is 0 Å². The highest BCUT2D eigenvalue weighted by atomic mass is 79.9. The van der Waals surface area contributed by atoms with E-state index in [2.05, 4.69) is 26.2 Å². The first-order chi connectivity index (χ1) is 22.1. The number of halogens is 4. The van der Waals surface area contributed by atoms with Gasteiger partial charge in [0.25, 0.3) is 5.91 Å². The summed E-state index contributed by atoms with van der Waals surface area (Å²) in [5.41, 5.74) is -1.18. The number of carbonyl (C=O) groups excluding carboxylic acids is 3. The normalized spacial score (nSPS) is 19.3. The SMILES string of the molecule is NS(=O)(=O)c1ccc(NC(=O)COc2ccc(Br)cc2[C@@H]2c3sc(=O)[nH]c3S[C@H]3C(=O)N(c4ccccc4C(F)(F)F)C(=O)[C@@H]23)cc1. The molecule has 3 heterocycles. The number of anilines is 2. The van der Waals surface area contributed by atoms with Crippen LogP contribution in [0.2, 0.25) is 0 Å². The zero-order valence-electron chi connectivity index (χ0n) is 23.4. The van der Waals surface area contributed by atoms with Gasteiger partial charge in [0.05, 0.1) is 27.1 Å². The van der Waals surface area contributed by atoms with E-state index in [-0.39, 0.29) is 16.3 Å². The van der Waals surface area contributed by atoms with Crippen LogP contribution in [0.15, 0.2) is 85.9 Å². The number of hydrogen-bond acceptors (Lipinski definition) is 9. The summed E-state index contributed by atoms with van der Waals surface area (Å²) in [6.45, 7) is -0.546. The van der Waals surface area contributed by atoms with E-state index in [1.807, 2.05) is 0 Å². The van der Waals surface area contributed by atoms with E-state index >= 15 is 0 Å². The molecule has 3 atom stereocenters. The molecular formula is C29H20BrF3N4O7S3. The Morgan fingerprint density at radius 2 is 1.74 bits per heavy atom. The first kappa shape index (κ1) is 33.0. The number of para-hydroxylation sites is 1. The van der Waals surface area contributed by atoms with Crippen LogP contribution in [-0.4, -0.2) is 43.0 Å². The van der Waals surface area contributed by atoms with Crippen molar-refractivity contribution < 1.29 is 40.7 Å². The van der Waals surface area contributed by atoms with Crippen molar-refractivity contribution in [2.45, 2.75) is 27.3 Å². The number of thioether (sulfide) groups is 1. The number of benzene rings is 3. The minimum atomic E-state index is -4.85. The number of nitrogens with one attached hydrogen (secondary N) is 2. The molecule has 18 heteroatoms. The van der Waals surface area contributed by atoms with Crippen molar-refractivity contribution in [3.63, 3.8) is 0 Å². The van der Waals surface area contributed by atoms with E-state index in [9.17, 15) is 40.8 Å². The van der Waals surface area contributed by atoms with Gasteiger partial charge in [0.1, 0.15) is 11.0 Å². The molecular weight excluding hydrogens is 749 g/mol. The number of carbonyl (C=O) groups is 3. The van der Waals surface area contributed by atoms with E-state index in [1.54, 1.807) is 12.1 Å². The fourth-order valence-corrected chi connectivity index (χ4v) is 8.86. The van der Waals surface area contributed by atoms with Gasteiger partial charge >= 0.3 is 11.0 Å². The van der Waals surface area contributed by atoms with Crippen molar-refractivity contribution in [2.24, 2.45) is 11.1 Å². The van der Waals surface area contributed by atoms with Gasteiger partial charge < -0.3 is 15.0 Å². The molecule has 0 radical (unpaired) electrons. The maximum absolute atomic E-state index is 14.1. The summed E-state index contributed by atoms with van der Waals surface area (Å²) in [6, 6.07) is 14.1. The molecule has 2 aliphatic heterocycles. The van der Waals surface area contributed by atoms with Crippen molar-refractivity contribution in [3.8, 4) is 5.75 Å². The number of thiazole rings is 1. The predicted molar refractivity (Wildman–Crippen MR) is 170 cm³/mol. The number of nitrogens with zero attached hydrogens (tertiary/aromatic N) is 1. The average molecular weight is 770 g/mol. The summed E-state index contributed by atoms with van der Waals surface area (Å²) in [5, 5.41) is 6.78. The summed E-state index contributed by atoms with van der Waals surface area (Å²) < 4.78 is 71.2. The molecule has 4 N–H and O–H groups in total. The van der Waals surface area contributed by atoms with Crippen LogP contribution in [0.4, 0.5) is 24.5 Å². The molecule has 0 saturated carbocycles. The fourth-order valence-electron chi connectivity index (χ4n) is 5.46. The van der Waals surface area contributed by atoms with Gasteiger partial charge in [0, 0.05) is 26.5 Å². The zero-order valence-corrected chi connectivity index (χ0v) is 27.4. The number of fused-ring (bicyclic) bond motifs is 2. The first-order valence-corrected chi connectivity index (χ1v) is 17.5. The zero-order chi connectivity index (χ0) is 33.8. The number of H-pyrrole nitrogens is 1. The summed E-state index contributed by atoms with van der Waals surface area (Å²) in [4.78, 5) is 56.0. The monoisotopic (exact) mass is 768 g/mol. The summed E-state index contributed by atoms with van der Waals surface area (Å²) in [6.07, 6.45) is -4.85. The molecule has 0 aliphatic carbocycles. The molecule has 2 aliphatic rings. The molecule has 244 valence electrons. The average Bonchev–Trinajstić information content (AvgIpc) is 3.49. The number of alkyl halides is 3. The molecule has 6 rings (SSSR count). The number of primary sulfonamides is 1. The summed E-state index contributed by atoms with van der Waals surface area (Å²) in [7, 11) is -3.94. The summed E-state index contributed by atoms with van der Waals surface area (Å²) in [5.74, 6) is -4.50. The molecule has 0 unspecified atom stereocenters. The van der Waals surface area contributed by atoms with Crippen LogP contribution in [0.3, 0.4) is 0 Å². The topological polar surface area (TPSA) is 169 Å². The third kappa shape index (κ3) is 6.34.